The predicted octanol–water partition coefficient (Wildman–Crippen LogP) is 3.63. The summed E-state index contributed by atoms with van der Waals surface area (Å²) in [6.45, 7) is 11.9. The highest BCUT2D eigenvalue weighted by Crippen LogP contribution is 2.61. The number of carbonyl (C=O) groups is 1. The maximum atomic E-state index is 13.0. The topological polar surface area (TPSA) is 94.5 Å². The second kappa shape index (κ2) is 9.84. The standard InChI is InChI=1S/C30H40O7/c1-15-13-16(2)30-21(14-23(34-6)19(5)35-26(15)18(4)31)11-12-22-24(30)25(32)17(3)27(28(22)37-30)36-29(33)20-9-7-8-10-20/h7-9,11-13,15,17-18,21-28,31-32H,5,10,14H2,1-4,6H3/b16-13+/t15-,17-,18?,21-,22?,23-,24?,25?,26?,27-,28-,30+/m1/s1. The molecule has 1 saturated carbocycles. The van der Waals surface area contributed by atoms with Crippen molar-refractivity contribution in [3.05, 3.63) is 59.9 Å². The van der Waals surface area contributed by atoms with Crippen LogP contribution in [0.15, 0.2) is 59.9 Å². The van der Waals surface area contributed by atoms with Gasteiger partial charge in [-0.2, -0.15) is 0 Å². The molecule has 5 rings (SSSR count). The fourth-order valence-corrected chi connectivity index (χ4v) is 7.41. The Morgan fingerprint density at radius 2 is 2.05 bits per heavy atom. The van der Waals surface area contributed by atoms with Crippen molar-refractivity contribution in [3.63, 3.8) is 0 Å². The normalized spacial score (nSPS) is 46.8. The lowest BCUT2D eigenvalue weighted by atomic mass is 9.57. The Morgan fingerprint density at radius 1 is 1.30 bits per heavy atom. The summed E-state index contributed by atoms with van der Waals surface area (Å²) in [5, 5.41) is 22.3. The van der Waals surface area contributed by atoms with Crippen LogP contribution in [0.4, 0.5) is 0 Å². The van der Waals surface area contributed by atoms with Gasteiger partial charge in [0.2, 0.25) is 0 Å². The summed E-state index contributed by atoms with van der Waals surface area (Å²) in [5.74, 6) is -0.738. The third-order valence-corrected chi connectivity index (χ3v) is 9.28. The molecular formula is C30H40O7. The van der Waals surface area contributed by atoms with E-state index in [0.717, 1.165) is 5.57 Å². The van der Waals surface area contributed by atoms with E-state index >= 15 is 0 Å². The Kier molecular flexibility index (Phi) is 7.03. The Morgan fingerprint density at radius 3 is 2.70 bits per heavy atom. The molecular weight excluding hydrogens is 472 g/mol. The largest absolute Gasteiger partial charge is 0.489 e. The summed E-state index contributed by atoms with van der Waals surface area (Å²) < 4.78 is 25.1. The van der Waals surface area contributed by atoms with Gasteiger partial charge < -0.3 is 29.2 Å². The Labute approximate surface area is 219 Å². The smallest absolute Gasteiger partial charge is 0.334 e. The second-order valence-electron chi connectivity index (χ2n) is 11.5. The molecule has 0 aromatic heterocycles. The average Bonchev–Trinajstić information content (AvgIpc) is 3.46. The third-order valence-electron chi connectivity index (χ3n) is 9.28. The molecule has 0 aromatic rings. The van der Waals surface area contributed by atoms with Crippen LogP contribution in [0, 0.1) is 29.6 Å². The lowest BCUT2D eigenvalue weighted by molar-refractivity contribution is -0.165. The number of allylic oxidation sites excluding steroid dienone is 3. The number of esters is 1. The Balaban J connectivity index is 1.56. The minimum atomic E-state index is -0.807. The van der Waals surface area contributed by atoms with E-state index in [2.05, 4.69) is 24.8 Å². The number of rotatable bonds is 4. The van der Waals surface area contributed by atoms with Crippen LogP contribution in [0.3, 0.4) is 0 Å². The van der Waals surface area contributed by atoms with E-state index in [0.29, 0.717) is 24.2 Å². The van der Waals surface area contributed by atoms with Crippen LogP contribution in [0.1, 0.15) is 40.5 Å². The van der Waals surface area contributed by atoms with E-state index in [1.54, 1.807) is 20.1 Å². The number of aliphatic hydroxyl groups is 2. The average molecular weight is 513 g/mol. The van der Waals surface area contributed by atoms with Gasteiger partial charge in [-0.25, -0.2) is 4.79 Å². The van der Waals surface area contributed by atoms with Crippen LogP contribution in [-0.2, 0) is 23.7 Å². The fourth-order valence-electron chi connectivity index (χ4n) is 7.41. The first kappa shape index (κ1) is 26.4. The lowest BCUT2D eigenvalue weighted by Gasteiger charge is -2.49. The molecule has 7 heteroatoms. The van der Waals surface area contributed by atoms with Gasteiger partial charge in [-0.05, 0) is 32.3 Å². The molecule has 1 saturated heterocycles. The summed E-state index contributed by atoms with van der Waals surface area (Å²) in [5.41, 5.74) is 0.800. The molecule has 7 nitrogen and oxygen atoms in total. The van der Waals surface area contributed by atoms with Crippen LogP contribution in [0.2, 0.25) is 0 Å². The highest BCUT2D eigenvalue weighted by atomic mass is 16.6. The van der Waals surface area contributed by atoms with Gasteiger partial charge in [0, 0.05) is 42.3 Å². The minimum absolute atomic E-state index is 0.0921. The van der Waals surface area contributed by atoms with E-state index in [-0.39, 0.29) is 41.7 Å². The quantitative estimate of drug-likeness (QED) is 0.439. The molecule has 12 atom stereocenters. The Bertz CT molecular complexity index is 1050. The first-order chi connectivity index (χ1) is 17.6. The van der Waals surface area contributed by atoms with Crippen molar-refractivity contribution < 1.29 is 34.0 Å². The molecule has 37 heavy (non-hydrogen) atoms. The SMILES string of the molecule is C=C1OC(C(C)O)[C@H](C)/C=C(\C)[C@]23O[C@@H]4C(C=C[C@@H]2C[C@H]1OC)C3C(O)[C@@H](C)[C@H]4OC(=O)C1=CC=CC1. The molecule has 2 fully saturated rings. The molecule has 2 N–H and O–H groups in total. The van der Waals surface area contributed by atoms with Crippen molar-refractivity contribution in [1.82, 2.24) is 0 Å². The zero-order valence-corrected chi connectivity index (χ0v) is 22.4. The van der Waals surface area contributed by atoms with Crippen molar-refractivity contribution in [2.45, 2.75) is 82.8 Å². The maximum Gasteiger partial charge on any atom is 0.334 e. The number of hydrogen-bond donors (Lipinski definition) is 2. The molecule has 2 aliphatic heterocycles. The molecule has 0 radical (unpaired) electrons. The van der Waals surface area contributed by atoms with Gasteiger partial charge in [0.15, 0.2) is 0 Å². The van der Waals surface area contributed by atoms with E-state index in [1.165, 1.54) is 0 Å². The van der Waals surface area contributed by atoms with Gasteiger partial charge in [0.05, 0.1) is 12.2 Å². The predicted molar refractivity (Wildman–Crippen MR) is 138 cm³/mol. The van der Waals surface area contributed by atoms with Gasteiger partial charge in [-0.1, -0.05) is 56.9 Å². The van der Waals surface area contributed by atoms with E-state index in [4.69, 9.17) is 18.9 Å². The summed E-state index contributed by atoms with van der Waals surface area (Å²) in [4.78, 5) is 13.0. The fraction of sp³-hybridized carbons (Fsp3) is 0.633. The summed E-state index contributed by atoms with van der Waals surface area (Å²) in [6, 6.07) is 0. The van der Waals surface area contributed by atoms with Crippen LogP contribution in [0.5, 0.6) is 0 Å². The van der Waals surface area contributed by atoms with Gasteiger partial charge in [0.25, 0.3) is 0 Å². The summed E-state index contributed by atoms with van der Waals surface area (Å²) in [6.07, 6.45) is 9.74. The van der Waals surface area contributed by atoms with Crippen molar-refractivity contribution in [3.8, 4) is 0 Å². The van der Waals surface area contributed by atoms with Gasteiger partial charge in [-0.15, -0.1) is 0 Å². The second-order valence-corrected chi connectivity index (χ2v) is 11.5. The van der Waals surface area contributed by atoms with Crippen molar-refractivity contribution in [1.29, 1.82) is 0 Å². The first-order valence-corrected chi connectivity index (χ1v) is 13.5. The third kappa shape index (κ3) is 4.15. The number of methoxy groups -OCH3 is 1. The van der Waals surface area contributed by atoms with Crippen molar-refractivity contribution in [2.75, 3.05) is 7.11 Å². The minimum Gasteiger partial charge on any atom is -0.489 e. The molecule has 5 unspecified atom stereocenters. The van der Waals surface area contributed by atoms with Crippen molar-refractivity contribution >= 4 is 5.97 Å². The first-order valence-electron chi connectivity index (χ1n) is 13.5. The summed E-state index contributed by atoms with van der Waals surface area (Å²) in [7, 11) is 1.63. The number of hydrogen-bond acceptors (Lipinski definition) is 7. The van der Waals surface area contributed by atoms with Crippen LogP contribution in [-0.4, -0.2) is 65.5 Å². The number of ether oxygens (including phenoxy) is 4. The lowest BCUT2D eigenvalue weighted by Crippen LogP contribution is -2.57. The van der Waals surface area contributed by atoms with Crippen LogP contribution in [0.25, 0.3) is 0 Å². The highest BCUT2D eigenvalue weighted by Gasteiger charge is 2.69. The molecule has 1 spiro atoms. The van der Waals surface area contributed by atoms with Crippen LogP contribution < -0.4 is 0 Å². The van der Waals surface area contributed by atoms with Crippen molar-refractivity contribution in [2.24, 2.45) is 29.6 Å². The molecule has 0 amide bonds. The molecule has 0 aromatic carbocycles. The molecule has 5 aliphatic rings. The zero-order valence-electron chi connectivity index (χ0n) is 22.4. The molecule has 3 aliphatic carbocycles. The van der Waals surface area contributed by atoms with Gasteiger partial charge in [0.1, 0.15) is 35.8 Å². The molecule has 4 bridgehead atoms. The number of aliphatic hydroxyl groups excluding tert-OH is 2. The maximum absolute atomic E-state index is 13.0. The van der Waals surface area contributed by atoms with Gasteiger partial charge in [-0.3, -0.25) is 0 Å². The van der Waals surface area contributed by atoms with Gasteiger partial charge >= 0.3 is 5.97 Å². The van der Waals surface area contributed by atoms with E-state index in [9.17, 15) is 15.0 Å². The van der Waals surface area contributed by atoms with E-state index in [1.807, 2.05) is 32.9 Å². The summed E-state index contributed by atoms with van der Waals surface area (Å²) >= 11 is 0. The number of carbonyl (C=O) groups excluding carboxylic acids is 1. The zero-order chi connectivity index (χ0) is 26.6. The molecule has 202 valence electrons. The highest BCUT2D eigenvalue weighted by molar-refractivity contribution is 5.90. The monoisotopic (exact) mass is 512 g/mol. The molecule has 2 heterocycles. The van der Waals surface area contributed by atoms with E-state index < -0.39 is 36.1 Å². The Hall–Kier alpha value is -2.19. The van der Waals surface area contributed by atoms with Crippen LogP contribution >= 0.6 is 0 Å².